The number of hydrogen-bond donors (Lipinski definition) is 1. The maximum Gasteiger partial charge on any atom is 0.239 e. The van der Waals surface area contributed by atoms with E-state index in [4.69, 9.17) is 0 Å². The Balaban J connectivity index is 3.06. The molecule has 0 saturated carbocycles. The fourth-order valence-corrected chi connectivity index (χ4v) is 3.36. The van der Waals surface area contributed by atoms with Crippen molar-refractivity contribution in [1.29, 1.82) is 0 Å². The summed E-state index contributed by atoms with van der Waals surface area (Å²) in [6, 6.07) is 5.92. The molecule has 0 aliphatic carbocycles. The fourth-order valence-electron chi connectivity index (χ4n) is 1.81. The van der Waals surface area contributed by atoms with Gasteiger partial charge in [-0.25, -0.2) is 12.8 Å². The lowest BCUT2D eigenvalue weighted by atomic mass is 10.3. The fraction of sp³-hybridized carbons (Fsp3) is 0.538. The molecule has 6 heteroatoms. The van der Waals surface area contributed by atoms with Crippen molar-refractivity contribution in [3.63, 3.8) is 0 Å². The summed E-state index contributed by atoms with van der Waals surface area (Å²) in [6.45, 7) is 6.49. The van der Waals surface area contributed by atoms with Crippen LogP contribution in [-0.4, -0.2) is 33.3 Å². The van der Waals surface area contributed by atoms with Gasteiger partial charge < -0.3 is 5.32 Å². The number of hydrogen-bond acceptors (Lipinski definition) is 3. The highest BCUT2D eigenvalue weighted by molar-refractivity contribution is 7.93. The van der Waals surface area contributed by atoms with Crippen molar-refractivity contribution in [2.45, 2.75) is 26.0 Å². The van der Waals surface area contributed by atoms with E-state index in [9.17, 15) is 12.8 Å². The Morgan fingerprint density at radius 1 is 1.32 bits per heavy atom. The van der Waals surface area contributed by atoms with E-state index in [0.29, 0.717) is 13.1 Å². The Bertz CT molecular complexity index is 505. The highest BCUT2D eigenvalue weighted by Crippen LogP contribution is 2.23. The van der Waals surface area contributed by atoms with Gasteiger partial charge in [-0.2, -0.15) is 0 Å². The van der Waals surface area contributed by atoms with Crippen LogP contribution < -0.4 is 9.62 Å². The van der Waals surface area contributed by atoms with Crippen LogP contribution >= 0.6 is 0 Å². The molecular formula is C13H21FN2O2S. The summed E-state index contributed by atoms with van der Waals surface area (Å²) in [7, 11) is -3.57. The number of sulfonamides is 1. The van der Waals surface area contributed by atoms with E-state index in [1.54, 1.807) is 26.0 Å². The Labute approximate surface area is 114 Å². The predicted molar refractivity (Wildman–Crippen MR) is 76.3 cm³/mol. The highest BCUT2D eigenvalue weighted by atomic mass is 32.2. The lowest BCUT2D eigenvalue weighted by molar-refractivity contribution is 0.566. The summed E-state index contributed by atoms with van der Waals surface area (Å²) >= 11 is 0. The first-order chi connectivity index (χ1) is 8.95. The molecule has 1 unspecified atom stereocenters. The largest absolute Gasteiger partial charge is 0.316 e. The molecule has 0 aliphatic heterocycles. The summed E-state index contributed by atoms with van der Waals surface area (Å²) in [5, 5.41) is 2.39. The zero-order valence-electron chi connectivity index (χ0n) is 11.6. The third kappa shape index (κ3) is 3.67. The van der Waals surface area contributed by atoms with Crippen molar-refractivity contribution in [1.82, 2.24) is 5.32 Å². The molecule has 0 aliphatic rings. The predicted octanol–water partition coefficient (Wildman–Crippen LogP) is 1.98. The first-order valence-corrected chi connectivity index (χ1v) is 7.92. The van der Waals surface area contributed by atoms with Gasteiger partial charge in [-0.05, 0) is 32.5 Å². The molecule has 1 aromatic rings. The van der Waals surface area contributed by atoms with Gasteiger partial charge in [-0.15, -0.1) is 0 Å². The lowest BCUT2D eigenvalue weighted by Gasteiger charge is -2.27. The topological polar surface area (TPSA) is 49.4 Å². The molecule has 108 valence electrons. The van der Waals surface area contributed by atoms with Crippen LogP contribution in [0.4, 0.5) is 10.1 Å². The van der Waals surface area contributed by atoms with Crippen molar-refractivity contribution < 1.29 is 12.8 Å². The van der Waals surface area contributed by atoms with E-state index in [1.165, 1.54) is 12.1 Å². The van der Waals surface area contributed by atoms with Crippen molar-refractivity contribution in [2.24, 2.45) is 0 Å². The van der Waals surface area contributed by atoms with Crippen LogP contribution in [0.25, 0.3) is 0 Å². The quantitative estimate of drug-likeness (QED) is 0.834. The number of nitrogens with zero attached hydrogens (tertiary/aromatic N) is 1. The van der Waals surface area contributed by atoms with Crippen molar-refractivity contribution >= 4 is 15.7 Å². The molecule has 0 fully saturated rings. The number of rotatable bonds is 7. The van der Waals surface area contributed by atoms with Gasteiger partial charge in [0.25, 0.3) is 0 Å². The van der Waals surface area contributed by atoms with Gasteiger partial charge in [0.2, 0.25) is 10.0 Å². The zero-order valence-corrected chi connectivity index (χ0v) is 12.4. The standard InChI is InChI=1S/C13H21FN2O2S/c1-4-15-10-11(3)19(17,18)16(5-2)13-9-7-6-8-12(13)14/h6-9,11,15H,4-5,10H2,1-3H3. The summed E-state index contributed by atoms with van der Waals surface area (Å²) in [6.07, 6.45) is 0. The van der Waals surface area contributed by atoms with E-state index >= 15 is 0 Å². The van der Waals surface area contributed by atoms with Crippen LogP contribution in [0.1, 0.15) is 20.8 Å². The number of anilines is 1. The molecule has 0 saturated heterocycles. The Morgan fingerprint density at radius 2 is 1.95 bits per heavy atom. The van der Waals surface area contributed by atoms with E-state index in [2.05, 4.69) is 5.32 Å². The third-order valence-corrected chi connectivity index (χ3v) is 5.16. The molecule has 1 atom stereocenters. The molecule has 1 rings (SSSR count). The van der Waals surface area contributed by atoms with Gasteiger partial charge in [-0.3, -0.25) is 4.31 Å². The monoisotopic (exact) mass is 288 g/mol. The normalized spacial score (nSPS) is 13.3. The van der Waals surface area contributed by atoms with Crippen molar-refractivity contribution in [3.8, 4) is 0 Å². The van der Waals surface area contributed by atoms with Crippen LogP contribution in [0.15, 0.2) is 24.3 Å². The first kappa shape index (κ1) is 15.9. The molecule has 0 radical (unpaired) electrons. The van der Waals surface area contributed by atoms with Crippen LogP contribution in [0.5, 0.6) is 0 Å². The van der Waals surface area contributed by atoms with E-state index in [0.717, 1.165) is 4.31 Å². The molecule has 0 heterocycles. The number of benzene rings is 1. The summed E-state index contributed by atoms with van der Waals surface area (Å²) < 4.78 is 39.8. The average Bonchev–Trinajstić information content (AvgIpc) is 2.38. The Kier molecular flexibility index (Phi) is 5.75. The van der Waals surface area contributed by atoms with Crippen molar-refractivity contribution in [2.75, 3.05) is 23.9 Å². The van der Waals surface area contributed by atoms with Crippen LogP contribution in [-0.2, 0) is 10.0 Å². The van der Waals surface area contributed by atoms with Crippen LogP contribution in [0.3, 0.4) is 0 Å². The Hall–Kier alpha value is -1.14. The average molecular weight is 288 g/mol. The summed E-state index contributed by atoms with van der Waals surface area (Å²) in [5.74, 6) is -0.524. The second kappa shape index (κ2) is 6.86. The molecule has 1 N–H and O–H groups in total. The number of para-hydroxylation sites is 1. The number of nitrogens with one attached hydrogen (secondary N) is 1. The molecule has 0 bridgehead atoms. The molecule has 0 spiro atoms. The minimum absolute atomic E-state index is 0.105. The second-order valence-corrected chi connectivity index (χ2v) is 6.55. The first-order valence-electron chi connectivity index (χ1n) is 6.41. The maximum absolute atomic E-state index is 13.8. The SMILES string of the molecule is CCNCC(C)S(=O)(=O)N(CC)c1ccccc1F. The lowest BCUT2D eigenvalue weighted by Crippen LogP contribution is -2.42. The van der Waals surface area contributed by atoms with Gasteiger partial charge in [-0.1, -0.05) is 19.1 Å². The summed E-state index contributed by atoms with van der Waals surface area (Å²) in [4.78, 5) is 0. The zero-order chi connectivity index (χ0) is 14.5. The summed E-state index contributed by atoms with van der Waals surface area (Å²) in [5.41, 5.74) is 0.105. The van der Waals surface area contributed by atoms with Gasteiger partial charge in [0.15, 0.2) is 0 Å². The highest BCUT2D eigenvalue weighted by Gasteiger charge is 2.29. The maximum atomic E-state index is 13.8. The number of halogens is 1. The van der Waals surface area contributed by atoms with Gasteiger partial charge in [0.1, 0.15) is 5.82 Å². The molecule has 0 amide bonds. The molecular weight excluding hydrogens is 267 g/mol. The van der Waals surface area contributed by atoms with E-state index < -0.39 is 21.1 Å². The van der Waals surface area contributed by atoms with E-state index in [-0.39, 0.29) is 12.2 Å². The third-order valence-electron chi connectivity index (χ3n) is 2.91. The Morgan fingerprint density at radius 3 is 2.47 bits per heavy atom. The van der Waals surface area contributed by atoms with Gasteiger partial charge >= 0.3 is 0 Å². The molecule has 1 aromatic carbocycles. The van der Waals surface area contributed by atoms with E-state index in [1.807, 2.05) is 6.92 Å². The van der Waals surface area contributed by atoms with Gasteiger partial charge in [0, 0.05) is 13.1 Å². The van der Waals surface area contributed by atoms with Crippen molar-refractivity contribution in [3.05, 3.63) is 30.1 Å². The smallest absolute Gasteiger partial charge is 0.239 e. The van der Waals surface area contributed by atoms with Gasteiger partial charge in [0.05, 0.1) is 10.9 Å². The molecule has 0 aromatic heterocycles. The van der Waals surface area contributed by atoms with Crippen LogP contribution in [0, 0.1) is 5.82 Å². The second-order valence-electron chi connectivity index (χ2n) is 4.28. The minimum atomic E-state index is -3.57. The molecule has 19 heavy (non-hydrogen) atoms. The van der Waals surface area contributed by atoms with Crippen LogP contribution in [0.2, 0.25) is 0 Å². The molecule has 4 nitrogen and oxygen atoms in total. The minimum Gasteiger partial charge on any atom is -0.316 e.